The number of H-pyrrole nitrogens is 1. The van der Waals surface area contributed by atoms with Gasteiger partial charge in [0.05, 0.1) is 17.9 Å². The summed E-state index contributed by atoms with van der Waals surface area (Å²) in [4.78, 5) is 47.7. The van der Waals surface area contributed by atoms with Crippen LogP contribution in [0.3, 0.4) is 0 Å². The molecule has 0 aliphatic heterocycles. The molecule has 0 spiro atoms. The molecule has 46 heavy (non-hydrogen) atoms. The van der Waals surface area contributed by atoms with Gasteiger partial charge in [0.1, 0.15) is 17.2 Å². The molecule has 0 bridgehead atoms. The number of alkyl halides is 3. The van der Waals surface area contributed by atoms with Crippen LogP contribution < -0.4 is 22.3 Å². The minimum absolute atomic E-state index is 0.00161. The number of aromatic nitrogens is 8. The van der Waals surface area contributed by atoms with Gasteiger partial charge < -0.3 is 29.9 Å². The van der Waals surface area contributed by atoms with Gasteiger partial charge >= 0.3 is 23.9 Å². The van der Waals surface area contributed by atoms with Crippen molar-refractivity contribution in [1.29, 1.82) is 0 Å². The van der Waals surface area contributed by atoms with E-state index in [0.29, 0.717) is 22.7 Å². The van der Waals surface area contributed by atoms with Crippen molar-refractivity contribution in [2.45, 2.75) is 12.7 Å². The summed E-state index contributed by atoms with van der Waals surface area (Å²) in [6, 6.07) is 7.53. The highest BCUT2D eigenvalue weighted by molar-refractivity contribution is 5.92. The van der Waals surface area contributed by atoms with Crippen LogP contribution in [0.15, 0.2) is 68.9 Å². The third-order valence-corrected chi connectivity index (χ3v) is 6.62. The van der Waals surface area contributed by atoms with E-state index in [0.717, 1.165) is 6.07 Å². The quantitative estimate of drug-likeness (QED) is 0.229. The van der Waals surface area contributed by atoms with Gasteiger partial charge in [-0.25, -0.2) is 23.6 Å². The van der Waals surface area contributed by atoms with Crippen molar-refractivity contribution in [3.05, 3.63) is 93.0 Å². The van der Waals surface area contributed by atoms with Crippen LogP contribution in [0.5, 0.6) is 0 Å². The van der Waals surface area contributed by atoms with E-state index in [2.05, 4.69) is 25.6 Å². The average Bonchev–Trinajstić information content (AvgIpc) is 3.72. The number of anilines is 2. The average molecular weight is 640 g/mol. The van der Waals surface area contributed by atoms with Crippen LogP contribution in [0.2, 0.25) is 0 Å². The van der Waals surface area contributed by atoms with Gasteiger partial charge in [0.15, 0.2) is 11.2 Å². The summed E-state index contributed by atoms with van der Waals surface area (Å²) in [6.45, 7) is 0.448. The molecule has 19 heteroatoms. The van der Waals surface area contributed by atoms with E-state index >= 15 is 4.39 Å². The molecule has 15 nitrogen and oxygen atoms in total. The Kier molecular flexibility index (Phi) is 7.23. The number of aromatic amines is 1. The maximum absolute atomic E-state index is 15.2. The van der Waals surface area contributed by atoms with Crippen molar-refractivity contribution in [3.63, 3.8) is 0 Å². The number of nitrogens with one attached hydrogen (secondary N) is 2. The largest absolute Gasteiger partial charge is 0.437 e. The van der Waals surface area contributed by atoms with Crippen LogP contribution in [-0.2, 0) is 12.7 Å². The second kappa shape index (κ2) is 11.1. The molecule has 1 amide bonds. The van der Waals surface area contributed by atoms with Gasteiger partial charge in [-0.15, -0.1) is 5.10 Å². The van der Waals surface area contributed by atoms with E-state index in [4.69, 9.17) is 10.2 Å². The van der Waals surface area contributed by atoms with E-state index in [1.807, 2.05) is 24.0 Å². The van der Waals surface area contributed by atoms with E-state index in [-0.39, 0.29) is 27.7 Å². The molecule has 4 N–H and O–H groups in total. The van der Waals surface area contributed by atoms with Crippen molar-refractivity contribution in [2.24, 2.45) is 0 Å². The summed E-state index contributed by atoms with van der Waals surface area (Å²) in [7, 11) is 3.67. The summed E-state index contributed by atoms with van der Waals surface area (Å²) < 4.78 is 64.5. The van der Waals surface area contributed by atoms with Gasteiger partial charge in [-0.1, -0.05) is 11.2 Å². The number of hydrogen-bond acceptors (Lipinski definition) is 10. The number of hydrogen-bond donors (Lipinski definition) is 3. The van der Waals surface area contributed by atoms with Crippen molar-refractivity contribution in [2.75, 3.05) is 25.1 Å². The monoisotopic (exact) mass is 639 g/mol. The van der Waals surface area contributed by atoms with Gasteiger partial charge in [0.25, 0.3) is 5.56 Å². The molecule has 6 aromatic rings. The second-order valence-electron chi connectivity index (χ2n) is 10.1. The molecule has 4 heterocycles. The number of nitrogens with zero attached hydrogens (tertiary/aromatic N) is 8. The van der Waals surface area contributed by atoms with Gasteiger partial charge in [-0.3, -0.25) is 4.79 Å². The Labute approximate surface area is 253 Å². The summed E-state index contributed by atoms with van der Waals surface area (Å²) in [5.74, 6) is -0.398. The first-order valence-corrected chi connectivity index (χ1v) is 13.1. The SMILES string of the molecule is CN(C)Cc1nccn1-c1ccc(NC(=O)n2c(=O)[nH]c3c(C(F)(F)F)nn(-c4cccc(-c5nnc(N)o5)c4)c3c2=O)c(F)c1. The van der Waals surface area contributed by atoms with E-state index < -0.39 is 51.7 Å². The van der Waals surface area contributed by atoms with Gasteiger partial charge in [-0.2, -0.15) is 22.8 Å². The van der Waals surface area contributed by atoms with Gasteiger partial charge in [0, 0.05) is 29.7 Å². The Morgan fingerprint density at radius 1 is 1.11 bits per heavy atom. The van der Waals surface area contributed by atoms with Crippen LogP contribution in [0.4, 0.5) is 34.1 Å². The van der Waals surface area contributed by atoms with Crippen LogP contribution >= 0.6 is 0 Å². The van der Waals surface area contributed by atoms with Crippen LogP contribution in [0, 0.1) is 5.82 Å². The molecule has 0 aliphatic carbocycles. The third-order valence-electron chi connectivity index (χ3n) is 6.62. The molecule has 0 aliphatic rings. The maximum Gasteiger partial charge on any atom is 0.437 e. The number of nitrogen functional groups attached to an aromatic ring is 1. The first kappa shape index (κ1) is 29.9. The lowest BCUT2D eigenvalue weighted by Gasteiger charge is -2.13. The van der Waals surface area contributed by atoms with Crippen LogP contribution in [-0.4, -0.2) is 64.1 Å². The van der Waals surface area contributed by atoms with E-state index in [9.17, 15) is 27.6 Å². The topological polar surface area (TPSA) is 188 Å². The molecule has 4 aromatic heterocycles. The Morgan fingerprint density at radius 3 is 2.57 bits per heavy atom. The smallest absolute Gasteiger partial charge is 0.404 e. The number of carbonyl (C=O) groups excluding carboxylic acids is 1. The van der Waals surface area contributed by atoms with Crippen molar-refractivity contribution in [3.8, 4) is 22.8 Å². The van der Waals surface area contributed by atoms with Crippen molar-refractivity contribution in [1.82, 2.24) is 44.0 Å². The molecule has 0 unspecified atom stereocenters. The number of benzene rings is 2. The molecule has 0 radical (unpaired) electrons. The van der Waals surface area contributed by atoms with Crippen molar-refractivity contribution < 1.29 is 26.8 Å². The number of amides is 1. The zero-order valence-electron chi connectivity index (χ0n) is 23.7. The number of fused-ring (bicyclic) bond motifs is 1. The van der Waals surface area contributed by atoms with E-state index in [1.54, 1.807) is 10.8 Å². The highest BCUT2D eigenvalue weighted by atomic mass is 19.4. The zero-order valence-corrected chi connectivity index (χ0v) is 23.7. The molecule has 2 aromatic carbocycles. The third kappa shape index (κ3) is 5.38. The predicted molar refractivity (Wildman–Crippen MR) is 154 cm³/mol. The predicted octanol–water partition coefficient (Wildman–Crippen LogP) is 2.99. The minimum Gasteiger partial charge on any atom is -0.404 e. The molecule has 0 atom stereocenters. The highest BCUT2D eigenvalue weighted by Gasteiger charge is 2.39. The fourth-order valence-corrected chi connectivity index (χ4v) is 4.68. The Hall–Kier alpha value is -6.11. The van der Waals surface area contributed by atoms with Crippen LogP contribution in [0.1, 0.15) is 11.5 Å². The zero-order chi connectivity index (χ0) is 32.9. The standard InChI is InChI=1S/C27H21F4N11O4/c1-39(2)12-18-33-8-9-40(18)14-6-7-17(16(28)11-14)34-25(44)41-23(43)20-19(35-26(41)45)21(27(29,30)31)38-42(20)15-5-3-4-13(10-15)22-36-37-24(32)46-22/h3-11H,12H2,1-2H3,(H2,32,37)(H,34,44)(H,35,45). The van der Waals surface area contributed by atoms with Gasteiger partial charge in [-0.05, 0) is 44.4 Å². The molecular weight excluding hydrogens is 618 g/mol. The minimum atomic E-state index is -5.11. The summed E-state index contributed by atoms with van der Waals surface area (Å²) in [5.41, 5.74) is -0.802. The van der Waals surface area contributed by atoms with Crippen LogP contribution in [0.25, 0.3) is 33.9 Å². The number of halogens is 4. The summed E-state index contributed by atoms with van der Waals surface area (Å²) in [6.07, 6.45) is -1.96. The first-order chi connectivity index (χ1) is 21.8. The molecule has 236 valence electrons. The summed E-state index contributed by atoms with van der Waals surface area (Å²) >= 11 is 0. The molecular formula is C27H21F4N11O4. The number of rotatable bonds is 6. The molecule has 0 saturated heterocycles. The second-order valence-corrected chi connectivity index (χ2v) is 10.1. The highest BCUT2D eigenvalue weighted by Crippen LogP contribution is 2.33. The molecule has 6 rings (SSSR count). The number of carbonyl (C=O) groups is 1. The van der Waals surface area contributed by atoms with Gasteiger partial charge in [0.2, 0.25) is 5.89 Å². The normalized spacial score (nSPS) is 11.9. The number of nitrogens with two attached hydrogens (primary N) is 1. The van der Waals surface area contributed by atoms with E-state index in [1.165, 1.54) is 42.6 Å². The Morgan fingerprint density at radius 2 is 1.89 bits per heavy atom. The maximum atomic E-state index is 15.2. The first-order valence-electron chi connectivity index (χ1n) is 13.1. The Balaban J connectivity index is 1.42. The molecule has 0 fully saturated rings. The number of imidazole rings is 1. The lowest BCUT2D eigenvalue weighted by atomic mass is 10.2. The lowest BCUT2D eigenvalue weighted by Crippen LogP contribution is -2.42. The fraction of sp³-hybridized carbons (Fsp3) is 0.148. The lowest BCUT2D eigenvalue weighted by molar-refractivity contribution is -0.140. The fourth-order valence-electron chi connectivity index (χ4n) is 4.68. The Bertz CT molecular complexity index is 2240. The van der Waals surface area contributed by atoms with Crippen molar-refractivity contribution >= 4 is 28.8 Å². The molecule has 0 saturated carbocycles. The summed E-state index contributed by atoms with van der Waals surface area (Å²) in [5, 5.41) is 12.9.